The second kappa shape index (κ2) is 15.5. The Morgan fingerprint density at radius 1 is 0.792 bits per heavy atom. The standard InChI is InChI=1S/C10H17O.3C4H9.Sn/c1-9(2)5-4-6-10(3)7-8-11;3*1-3-4-2;/h5,7H,4,6,8H2,1-3H3;3*1,3-4H2,2H3;/q-1;;;;+1. The van der Waals surface area contributed by atoms with Crippen molar-refractivity contribution in [3.8, 4) is 0 Å². The summed E-state index contributed by atoms with van der Waals surface area (Å²) in [4.78, 5) is 0. The molecule has 0 N–H and O–H groups in total. The van der Waals surface area contributed by atoms with E-state index in [4.69, 9.17) is 3.07 Å². The van der Waals surface area contributed by atoms with E-state index in [0.717, 1.165) is 6.61 Å². The Labute approximate surface area is 157 Å². The van der Waals surface area contributed by atoms with Crippen LogP contribution in [-0.2, 0) is 3.07 Å². The second-order valence-corrected chi connectivity index (χ2v) is 19.5. The van der Waals surface area contributed by atoms with Crippen LogP contribution in [0.2, 0.25) is 13.3 Å². The summed E-state index contributed by atoms with van der Waals surface area (Å²) in [5.41, 5.74) is 2.92. The van der Waals surface area contributed by atoms with Gasteiger partial charge in [-0.2, -0.15) is 0 Å². The second-order valence-electron chi connectivity index (χ2n) is 7.68. The summed E-state index contributed by atoms with van der Waals surface area (Å²) in [6.07, 6.45) is 15.1. The van der Waals surface area contributed by atoms with Gasteiger partial charge in [0.25, 0.3) is 0 Å². The van der Waals surface area contributed by atoms with E-state index in [0.29, 0.717) is 0 Å². The van der Waals surface area contributed by atoms with E-state index in [9.17, 15) is 0 Å². The minimum absolute atomic E-state index is 0.883. The van der Waals surface area contributed by atoms with Gasteiger partial charge in [-0.05, 0) is 0 Å². The third kappa shape index (κ3) is 12.6. The van der Waals surface area contributed by atoms with Gasteiger partial charge >= 0.3 is 158 Å². The number of allylic oxidation sites excluding steroid dienone is 3. The van der Waals surface area contributed by atoms with E-state index in [1.54, 1.807) is 0 Å². The van der Waals surface area contributed by atoms with Crippen LogP contribution in [0.3, 0.4) is 0 Å². The Kier molecular flexibility index (Phi) is 15.6. The molecule has 0 aromatic heterocycles. The van der Waals surface area contributed by atoms with Crippen LogP contribution in [0.4, 0.5) is 0 Å². The van der Waals surface area contributed by atoms with Crippen LogP contribution in [-0.4, -0.2) is 25.4 Å². The molecule has 0 aliphatic rings. The predicted molar refractivity (Wildman–Crippen MR) is 113 cm³/mol. The molecule has 2 heteroatoms. The summed E-state index contributed by atoms with van der Waals surface area (Å²) in [6, 6.07) is 0. The molecule has 0 aliphatic heterocycles. The molecule has 0 saturated heterocycles. The number of unbranched alkanes of at least 4 members (excludes halogenated alkanes) is 3. The SMILES string of the molecule is CCC[CH2][Sn]([CH2]CCC)([CH2]CCC)[O]CC=C(C)CCC=C(C)C. The van der Waals surface area contributed by atoms with Gasteiger partial charge in [-0.15, -0.1) is 0 Å². The number of rotatable bonds is 15. The van der Waals surface area contributed by atoms with E-state index in [2.05, 4.69) is 53.7 Å². The average molecular weight is 443 g/mol. The van der Waals surface area contributed by atoms with Crippen LogP contribution in [0.1, 0.15) is 92.9 Å². The van der Waals surface area contributed by atoms with Crippen molar-refractivity contribution in [3.05, 3.63) is 23.3 Å². The van der Waals surface area contributed by atoms with Crippen LogP contribution in [0.5, 0.6) is 0 Å². The summed E-state index contributed by atoms with van der Waals surface area (Å²) in [7, 11) is 0. The van der Waals surface area contributed by atoms with Gasteiger partial charge in [-0.25, -0.2) is 0 Å². The third-order valence-electron chi connectivity index (χ3n) is 4.87. The predicted octanol–water partition coefficient (Wildman–Crippen LogP) is 8.04. The molecule has 0 amide bonds. The van der Waals surface area contributed by atoms with Crippen LogP contribution >= 0.6 is 0 Å². The molecule has 0 bridgehead atoms. The first-order valence-corrected chi connectivity index (χ1v) is 17.6. The first-order valence-electron chi connectivity index (χ1n) is 10.4. The van der Waals surface area contributed by atoms with Crippen molar-refractivity contribution in [2.45, 2.75) is 106 Å². The Balaban J connectivity index is 4.66. The van der Waals surface area contributed by atoms with E-state index in [1.165, 1.54) is 75.8 Å². The molecule has 0 spiro atoms. The van der Waals surface area contributed by atoms with Crippen molar-refractivity contribution in [1.29, 1.82) is 0 Å². The summed E-state index contributed by atoms with van der Waals surface area (Å²) in [5.74, 6) is 0. The summed E-state index contributed by atoms with van der Waals surface area (Å²) in [5, 5.41) is 0. The Hall–Kier alpha value is 0.239. The van der Waals surface area contributed by atoms with Crippen LogP contribution in [0.15, 0.2) is 23.3 Å². The fourth-order valence-corrected chi connectivity index (χ4v) is 16.3. The topological polar surface area (TPSA) is 9.23 Å². The van der Waals surface area contributed by atoms with Gasteiger partial charge in [0.05, 0.1) is 0 Å². The van der Waals surface area contributed by atoms with E-state index >= 15 is 0 Å². The number of hydrogen-bond donors (Lipinski definition) is 0. The van der Waals surface area contributed by atoms with Gasteiger partial charge in [0.1, 0.15) is 0 Å². The first kappa shape index (κ1) is 24.2. The van der Waals surface area contributed by atoms with Crippen molar-refractivity contribution in [2.24, 2.45) is 0 Å². The molecule has 0 atom stereocenters. The van der Waals surface area contributed by atoms with Crippen molar-refractivity contribution in [3.63, 3.8) is 0 Å². The Morgan fingerprint density at radius 3 is 1.71 bits per heavy atom. The summed E-state index contributed by atoms with van der Waals surface area (Å²) in [6.45, 7) is 14.5. The average Bonchev–Trinajstić information content (AvgIpc) is 2.55. The molecule has 142 valence electrons. The van der Waals surface area contributed by atoms with Crippen molar-refractivity contribution in [2.75, 3.05) is 6.61 Å². The first-order chi connectivity index (χ1) is 11.5. The molecule has 0 unspecified atom stereocenters. The number of hydrogen-bond acceptors (Lipinski definition) is 1. The summed E-state index contributed by atoms with van der Waals surface area (Å²) < 4.78 is 11.1. The third-order valence-corrected chi connectivity index (χ3v) is 17.9. The van der Waals surface area contributed by atoms with Gasteiger partial charge in [0.2, 0.25) is 0 Å². The quantitative estimate of drug-likeness (QED) is 0.184. The minimum atomic E-state index is -2.38. The molecule has 0 aliphatic carbocycles. The Morgan fingerprint density at radius 2 is 1.29 bits per heavy atom. The zero-order chi connectivity index (χ0) is 18.3. The van der Waals surface area contributed by atoms with Gasteiger partial charge < -0.3 is 0 Å². The molecule has 1 nitrogen and oxygen atoms in total. The molecule has 0 saturated carbocycles. The van der Waals surface area contributed by atoms with Crippen LogP contribution in [0, 0.1) is 0 Å². The normalized spacial score (nSPS) is 12.5. The van der Waals surface area contributed by atoms with Crippen molar-refractivity contribution < 1.29 is 3.07 Å². The molecule has 24 heavy (non-hydrogen) atoms. The molecule has 0 heterocycles. The van der Waals surface area contributed by atoms with E-state index in [-0.39, 0.29) is 0 Å². The zero-order valence-electron chi connectivity index (χ0n) is 17.5. The molecule has 0 radical (unpaired) electrons. The van der Waals surface area contributed by atoms with Gasteiger partial charge in [-0.1, -0.05) is 0 Å². The van der Waals surface area contributed by atoms with Crippen molar-refractivity contribution in [1.82, 2.24) is 0 Å². The van der Waals surface area contributed by atoms with Gasteiger partial charge in [0.15, 0.2) is 0 Å². The fraction of sp³-hybridized carbons (Fsp3) is 0.818. The van der Waals surface area contributed by atoms with Crippen LogP contribution in [0.25, 0.3) is 0 Å². The van der Waals surface area contributed by atoms with Gasteiger partial charge in [-0.3, -0.25) is 0 Å². The van der Waals surface area contributed by atoms with Crippen LogP contribution < -0.4 is 0 Å². The molecule has 0 aromatic carbocycles. The summed E-state index contributed by atoms with van der Waals surface area (Å²) >= 11 is -2.38. The van der Waals surface area contributed by atoms with E-state index < -0.39 is 18.8 Å². The zero-order valence-corrected chi connectivity index (χ0v) is 20.4. The molecule has 0 aromatic rings. The monoisotopic (exact) mass is 444 g/mol. The molecule has 0 rings (SSSR count). The maximum absolute atomic E-state index is 6.75. The Bertz CT molecular complexity index is 331. The maximum atomic E-state index is 6.75. The van der Waals surface area contributed by atoms with E-state index in [1.807, 2.05) is 0 Å². The van der Waals surface area contributed by atoms with Crippen molar-refractivity contribution >= 4 is 18.8 Å². The molecular weight excluding hydrogens is 399 g/mol. The fourth-order valence-electron chi connectivity index (χ4n) is 3.14. The van der Waals surface area contributed by atoms with Gasteiger partial charge in [0, 0.05) is 0 Å². The molecular formula is C22H44OSn. The molecule has 0 fully saturated rings.